The van der Waals surface area contributed by atoms with Crippen LogP contribution in [0.25, 0.3) is 0 Å². The lowest BCUT2D eigenvalue weighted by Gasteiger charge is -2.04. The van der Waals surface area contributed by atoms with E-state index >= 15 is 0 Å². The quantitative estimate of drug-likeness (QED) is 0.662. The molecule has 1 aromatic heterocycles. The molecule has 0 spiro atoms. The lowest BCUT2D eigenvalue weighted by molar-refractivity contribution is -0.120. The van der Waals surface area contributed by atoms with Gasteiger partial charge < -0.3 is 0 Å². The zero-order valence-electron chi connectivity index (χ0n) is 11.7. The molecule has 0 fully saturated rings. The molecule has 0 radical (unpaired) electrons. The number of nitrogens with zero attached hydrogens (tertiary/aromatic N) is 1. The molecule has 2 aromatic rings. The molecule has 0 bridgehead atoms. The van der Waals surface area contributed by atoms with Crippen LogP contribution in [0.5, 0.6) is 0 Å². The van der Waals surface area contributed by atoms with Gasteiger partial charge in [0.1, 0.15) is 0 Å². The first-order chi connectivity index (χ1) is 9.65. The van der Waals surface area contributed by atoms with Crippen molar-refractivity contribution in [3.8, 4) is 0 Å². The van der Waals surface area contributed by atoms with Crippen LogP contribution in [-0.4, -0.2) is 12.1 Å². The van der Waals surface area contributed by atoms with Gasteiger partial charge in [-0.3, -0.25) is 4.79 Å². The second-order valence-electron chi connectivity index (χ2n) is 4.87. The van der Waals surface area contributed by atoms with Gasteiger partial charge in [0.15, 0.2) is 0 Å². The van der Waals surface area contributed by atoms with Crippen LogP contribution in [-0.2, 0) is 11.2 Å². The zero-order valence-corrected chi connectivity index (χ0v) is 12.5. The normalized spacial score (nSPS) is 11.2. The molecule has 2 rings (SSSR count). The summed E-state index contributed by atoms with van der Waals surface area (Å²) >= 11 is 1.57. The van der Waals surface area contributed by atoms with Crippen molar-refractivity contribution in [2.24, 2.45) is 5.10 Å². The molecule has 1 aromatic carbocycles. The van der Waals surface area contributed by atoms with Gasteiger partial charge >= 0.3 is 0 Å². The molecular formula is C16H18N2OS. The van der Waals surface area contributed by atoms with Gasteiger partial charge in [-0.1, -0.05) is 44.2 Å². The van der Waals surface area contributed by atoms with Gasteiger partial charge in [-0.2, -0.15) is 5.10 Å². The molecule has 0 aliphatic carbocycles. The number of amides is 1. The molecule has 104 valence electrons. The van der Waals surface area contributed by atoms with Crippen molar-refractivity contribution >= 4 is 23.5 Å². The smallest absolute Gasteiger partial charge is 0.245 e. The lowest BCUT2D eigenvalue weighted by atomic mass is 10.0. The highest BCUT2D eigenvalue weighted by Crippen LogP contribution is 2.13. The van der Waals surface area contributed by atoms with Crippen LogP contribution in [0.2, 0.25) is 0 Å². The first-order valence-corrected chi connectivity index (χ1v) is 7.47. The van der Waals surface area contributed by atoms with Crippen LogP contribution in [0.1, 0.15) is 35.8 Å². The molecule has 1 amide bonds. The molecule has 0 unspecified atom stereocenters. The molecule has 0 atom stereocenters. The van der Waals surface area contributed by atoms with E-state index in [1.807, 2.05) is 29.6 Å². The molecule has 20 heavy (non-hydrogen) atoms. The predicted octanol–water partition coefficient (Wildman–Crippen LogP) is 3.56. The number of carbonyl (C=O) groups excluding carboxylic acids is 1. The summed E-state index contributed by atoms with van der Waals surface area (Å²) < 4.78 is 0. The molecule has 1 N–H and O–H groups in total. The van der Waals surface area contributed by atoms with Crippen LogP contribution in [0, 0.1) is 0 Å². The molecule has 0 aliphatic rings. The Morgan fingerprint density at radius 3 is 2.65 bits per heavy atom. The summed E-state index contributed by atoms with van der Waals surface area (Å²) in [6.07, 6.45) is 2.04. The Bertz CT molecular complexity index is 571. The maximum absolute atomic E-state index is 11.6. The highest BCUT2D eigenvalue weighted by atomic mass is 32.1. The maximum atomic E-state index is 11.6. The van der Waals surface area contributed by atoms with Crippen molar-refractivity contribution in [2.45, 2.75) is 26.2 Å². The van der Waals surface area contributed by atoms with Crippen molar-refractivity contribution in [3.63, 3.8) is 0 Å². The minimum atomic E-state index is -0.0949. The second-order valence-corrected chi connectivity index (χ2v) is 5.90. The number of hydrogen-bond acceptors (Lipinski definition) is 3. The van der Waals surface area contributed by atoms with Gasteiger partial charge in [-0.25, -0.2) is 5.43 Å². The summed E-state index contributed by atoms with van der Waals surface area (Å²) in [6, 6.07) is 12.1. The average Bonchev–Trinajstić information content (AvgIpc) is 2.92. The Balaban J connectivity index is 1.85. The summed E-state index contributed by atoms with van der Waals surface area (Å²) in [4.78, 5) is 12.7. The standard InChI is InChI=1S/C16H18N2OS/c1-12(2)14-7-5-13(6-8-14)11-17-18-16(19)10-15-4-3-9-20-15/h3-9,11-12H,10H2,1-2H3,(H,18,19). The largest absolute Gasteiger partial charge is 0.273 e. The summed E-state index contributed by atoms with van der Waals surface area (Å²) in [7, 11) is 0. The van der Waals surface area contributed by atoms with Crippen molar-refractivity contribution in [2.75, 3.05) is 0 Å². The average molecular weight is 286 g/mol. The van der Waals surface area contributed by atoms with Crippen LogP contribution >= 0.6 is 11.3 Å². The molecule has 1 heterocycles. The summed E-state index contributed by atoms with van der Waals surface area (Å²) in [5.74, 6) is 0.425. The van der Waals surface area contributed by atoms with Crippen molar-refractivity contribution in [1.29, 1.82) is 0 Å². The van der Waals surface area contributed by atoms with Gasteiger partial charge in [0.05, 0.1) is 12.6 Å². The Kier molecular flexibility index (Phi) is 5.07. The minimum Gasteiger partial charge on any atom is -0.273 e. The summed E-state index contributed by atoms with van der Waals surface area (Å²) in [5.41, 5.74) is 4.82. The Labute approximate surface area is 123 Å². The van der Waals surface area contributed by atoms with E-state index in [0.29, 0.717) is 12.3 Å². The van der Waals surface area contributed by atoms with Crippen LogP contribution in [0.4, 0.5) is 0 Å². The van der Waals surface area contributed by atoms with Gasteiger partial charge in [-0.05, 0) is 28.5 Å². The maximum Gasteiger partial charge on any atom is 0.245 e. The topological polar surface area (TPSA) is 41.5 Å². The molecule has 4 heteroatoms. The summed E-state index contributed by atoms with van der Waals surface area (Å²) in [5, 5.41) is 5.94. The Morgan fingerprint density at radius 1 is 1.30 bits per heavy atom. The first kappa shape index (κ1) is 14.5. The fourth-order valence-corrected chi connectivity index (χ4v) is 2.46. The van der Waals surface area contributed by atoms with Gasteiger partial charge in [0, 0.05) is 4.88 Å². The Hall–Kier alpha value is -1.94. The van der Waals surface area contributed by atoms with E-state index in [1.165, 1.54) is 5.56 Å². The molecule has 0 saturated heterocycles. The first-order valence-electron chi connectivity index (χ1n) is 6.59. The lowest BCUT2D eigenvalue weighted by Crippen LogP contribution is -2.19. The fourth-order valence-electron chi connectivity index (χ4n) is 1.76. The van der Waals surface area contributed by atoms with Crippen LogP contribution in [0.15, 0.2) is 46.9 Å². The number of carbonyl (C=O) groups is 1. The minimum absolute atomic E-state index is 0.0949. The second kappa shape index (κ2) is 7.01. The predicted molar refractivity (Wildman–Crippen MR) is 84.3 cm³/mol. The van der Waals surface area contributed by atoms with E-state index in [9.17, 15) is 4.79 Å². The molecule has 3 nitrogen and oxygen atoms in total. The number of nitrogens with one attached hydrogen (secondary N) is 1. The third kappa shape index (κ3) is 4.31. The number of hydrogen-bond donors (Lipinski definition) is 1. The molecule has 0 aliphatic heterocycles. The van der Waals surface area contributed by atoms with Gasteiger partial charge in [0.2, 0.25) is 5.91 Å². The molecule has 0 saturated carbocycles. The Morgan fingerprint density at radius 2 is 2.05 bits per heavy atom. The van der Waals surface area contributed by atoms with Crippen molar-refractivity contribution in [1.82, 2.24) is 5.43 Å². The number of rotatable bonds is 5. The monoisotopic (exact) mass is 286 g/mol. The summed E-state index contributed by atoms with van der Waals surface area (Å²) in [6.45, 7) is 4.32. The van der Waals surface area contributed by atoms with Crippen molar-refractivity contribution < 1.29 is 4.79 Å². The number of hydrazone groups is 1. The SMILES string of the molecule is CC(C)c1ccc(C=NNC(=O)Cc2cccs2)cc1. The molecular weight excluding hydrogens is 268 g/mol. The van der Waals surface area contributed by atoms with Gasteiger partial charge in [-0.15, -0.1) is 11.3 Å². The zero-order chi connectivity index (χ0) is 14.4. The van der Waals surface area contributed by atoms with E-state index in [2.05, 4.69) is 36.5 Å². The third-order valence-corrected chi connectivity index (χ3v) is 3.80. The van der Waals surface area contributed by atoms with E-state index in [0.717, 1.165) is 10.4 Å². The van der Waals surface area contributed by atoms with E-state index in [4.69, 9.17) is 0 Å². The highest BCUT2D eigenvalue weighted by Gasteiger charge is 2.02. The van der Waals surface area contributed by atoms with Crippen LogP contribution < -0.4 is 5.43 Å². The van der Waals surface area contributed by atoms with E-state index in [1.54, 1.807) is 17.6 Å². The van der Waals surface area contributed by atoms with E-state index < -0.39 is 0 Å². The number of thiophene rings is 1. The van der Waals surface area contributed by atoms with Crippen molar-refractivity contribution in [3.05, 3.63) is 57.8 Å². The third-order valence-electron chi connectivity index (χ3n) is 2.92. The van der Waals surface area contributed by atoms with Crippen LogP contribution in [0.3, 0.4) is 0 Å². The van der Waals surface area contributed by atoms with E-state index in [-0.39, 0.29) is 5.91 Å². The highest BCUT2D eigenvalue weighted by molar-refractivity contribution is 7.10. The van der Waals surface area contributed by atoms with Gasteiger partial charge in [0.25, 0.3) is 0 Å². The number of benzene rings is 1. The fraction of sp³-hybridized carbons (Fsp3) is 0.250.